The molecule has 2 heterocycles. The largest absolute Gasteiger partial charge is 0.396 e. The van der Waals surface area contributed by atoms with Gasteiger partial charge in [0.1, 0.15) is 5.03 Å². The third-order valence-corrected chi connectivity index (χ3v) is 3.39. The highest BCUT2D eigenvalue weighted by Gasteiger charge is 2.09. The molecule has 6 nitrogen and oxygen atoms in total. The van der Waals surface area contributed by atoms with E-state index in [0.29, 0.717) is 15.9 Å². The molecule has 0 spiro atoms. The summed E-state index contributed by atoms with van der Waals surface area (Å²) >= 11 is 4.51. The van der Waals surface area contributed by atoms with E-state index in [4.69, 9.17) is 5.73 Å². The molecule has 2 aromatic heterocycles. The van der Waals surface area contributed by atoms with Crippen molar-refractivity contribution >= 4 is 33.4 Å². The molecular formula is C8H8BrN5OS. The number of pyridine rings is 1. The van der Waals surface area contributed by atoms with Crippen molar-refractivity contribution in [2.45, 2.75) is 10.2 Å². The molecule has 0 radical (unpaired) electrons. The second kappa shape index (κ2) is 4.30. The Hall–Kier alpha value is -1.28. The Morgan fingerprint density at radius 2 is 2.38 bits per heavy atom. The zero-order chi connectivity index (χ0) is 11.7. The van der Waals surface area contributed by atoms with Gasteiger partial charge < -0.3 is 5.73 Å². The number of nitrogens with two attached hydrogens (primary N) is 1. The number of hydrogen-bond acceptors (Lipinski definition) is 5. The predicted molar refractivity (Wildman–Crippen MR) is 64.3 cm³/mol. The first-order valence-electron chi connectivity index (χ1n) is 4.28. The van der Waals surface area contributed by atoms with Gasteiger partial charge in [-0.3, -0.25) is 4.57 Å². The Kier molecular flexibility index (Phi) is 3.01. The van der Waals surface area contributed by atoms with Crippen molar-refractivity contribution in [1.29, 1.82) is 0 Å². The zero-order valence-corrected chi connectivity index (χ0v) is 10.7. The maximum Gasteiger partial charge on any atom is 0.343 e. The Morgan fingerprint density at radius 1 is 1.62 bits per heavy atom. The van der Waals surface area contributed by atoms with E-state index in [-0.39, 0.29) is 5.69 Å². The van der Waals surface area contributed by atoms with E-state index in [1.165, 1.54) is 16.3 Å². The van der Waals surface area contributed by atoms with Crippen LogP contribution in [0.5, 0.6) is 0 Å². The van der Waals surface area contributed by atoms with Crippen LogP contribution in [0, 0.1) is 0 Å². The highest BCUT2D eigenvalue weighted by atomic mass is 79.9. The number of anilines is 1. The fourth-order valence-electron chi connectivity index (χ4n) is 1.04. The molecule has 0 fully saturated rings. The van der Waals surface area contributed by atoms with Crippen molar-refractivity contribution in [1.82, 2.24) is 19.7 Å². The average molecular weight is 302 g/mol. The van der Waals surface area contributed by atoms with Crippen LogP contribution in [0.2, 0.25) is 0 Å². The van der Waals surface area contributed by atoms with Gasteiger partial charge in [-0.2, -0.15) is 0 Å². The van der Waals surface area contributed by atoms with Crippen LogP contribution < -0.4 is 11.4 Å². The monoisotopic (exact) mass is 301 g/mol. The normalized spacial score (nSPS) is 10.6. The molecule has 8 heteroatoms. The second-order valence-corrected chi connectivity index (χ2v) is 4.89. The van der Waals surface area contributed by atoms with Crippen molar-refractivity contribution in [3.8, 4) is 0 Å². The lowest BCUT2D eigenvalue weighted by atomic mass is 10.4. The summed E-state index contributed by atoms with van der Waals surface area (Å²) < 4.78 is 2.21. The number of halogens is 1. The molecule has 0 saturated heterocycles. The molecule has 3 N–H and O–H groups in total. The van der Waals surface area contributed by atoms with Gasteiger partial charge in [-0.05, 0) is 33.8 Å². The van der Waals surface area contributed by atoms with Crippen molar-refractivity contribution < 1.29 is 0 Å². The van der Waals surface area contributed by atoms with E-state index < -0.39 is 0 Å². The van der Waals surface area contributed by atoms with Crippen LogP contribution in [0.4, 0.5) is 5.69 Å². The Bertz CT molecular complexity index is 578. The molecule has 0 amide bonds. The number of nitrogens with zero attached hydrogens (tertiary/aromatic N) is 3. The van der Waals surface area contributed by atoms with Crippen LogP contribution in [0.1, 0.15) is 0 Å². The van der Waals surface area contributed by atoms with Crippen LogP contribution in [0.25, 0.3) is 0 Å². The van der Waals surface area contributed by atoms with Gasteiger partial charge in [0.15, 0.2) is 5.16 Å². The van der Waals surface area contributed by atoms with Crippen molar-refractivity contribution in [3.63, 3.8) is 0 Å². The average Bonchev–Trinajstić information content (AvgIpc) is 2.54. The van der Waals surface area contributed by atoms with Gasteiger partial charge in [0.2, 0.25) is 0 Å². The smallest absolute Gasteiger partial charge is 0.343 e. The molecule has 2 rings (SSSR count). The summed E-state index contributed by atoms with van der Waals surface area (Å²) in [6.07, 6.45) is 1.64. The van der Waals surface area contributed by atoms with Crippen molar-refractivity contribution in [2.75, 3.05) is 5.73 Å². The second-order valence-electron chi connectivity index (χ2n) is 3.02. The summed E-state index contributed by atoms with van der Waals surface area (Å²) in [5.41, 5.74) is 6.06. The molecule has 0 bridgehead atoms. The molecule has 0 saturated carbocycles. The standard InChI is InChI=1S/C8H8BrN5OS/c1-14-7(15)12-13-8(14)16-6-5(10)2-4(9)3-11-6/h2-3H,10H2,1H3,(H,12,15). The first-order valence-corrected chi connectivity index (χ1v) is 5.89. The number of nitrogens with one attached hydrogen (secondary N) is 1. The fourth-order valence-corrected chi connectivity index (χ4v) is 2.15. The Morgan fingerprint density at radius 3 is 2.94 bits per heavy atom. The van der Waals surface area contributed by atoms with E-state index in [9.17, 15) is 4.79 Å². The number of aromatic nitrogens is 4. The first-order chi connectivity index (χ1) is 7.58. The van der Waals surface area contributed by atoms with Gasteiger partial charge in [-0.15, -0.1) is 5.10 Å². The van der Waals surface area contributed by atoms with Gasteiger partial charge >= 0.3 is 5.69 Å². The van der Waals surface area contributed by atoms with E-state index in [1.54, 1.807) is 19.3 Å². The Balaban J connectivity index is 2.34. The third kappa shape index (κ3) is 2.12. The van der Waals surface area contributed by atoms with Gasteiger partial charge in [-0.1, -0.05) is 0 Å². The number of hydrogen-bond donors (Lipinski definition) is 2. The zero-order valence-electron chi connectivity index (χ0n) is 8.27. The summed E-state index contributed by atoms with van der Waals surface area (Å²) in [6.45, 7) is 0. The first kappa shape index (κ1) is 11.2. The summed E-state index contributed by atoms with van der Waals surface area (Å²) in [6, 6.07) is 1.75. The summed E-state index contributed by atoms with van der Waals surface area (Å²) in [5, 5.41) is 7.34. The minimum absolute atomic E-state index is 0.266. The molecule has 0 aliphatic heterocycles. The van der Waals surface area contributed by atoms with E-state index >= 15 is 0 Å². The highest BCUT2D eigenvalue weighted by molar-refractivity contribution is 9.10. The van der Waals surface area contributed by atoms with E-state index in [2.05, 4.69) is 31.1 Å². The summed E-state index contributed by atoms with van der Waals surface area (Å²) in [5.74, 6) is 0. The summed E-state index contributed by atoms with van der Waals surface area (Å²) in [4.78, 5) is 15.3. The lowest BCUT2D eigenvalue weighted by molar-refractivity contribution is 0.765. The Labute approximate surface area is 103 Å². The highest BCUT2D eigenvalue weighted by Crippen LogP contribution is 2.29. The summed E-state index contributed by atoms with van der Waals surface area (Å²) in [7, 11) is 1.63. The molecule has 0 aromatic carbocycles. The van der Waals surface area contributed by atoms with E-state index in [0.717, 1.165) is 4.47 Å². The van der Waals surface area contributed by atoms with Crippen molar-refractivity contribution in [2.24, 2.45) is 7.05 Å². The number of rotatable bonds is 2. The SMILES string of the molecule is Cn1c(Sc2ncc(Br)cc2N)n[nH]c1=O. The fraction of sp³-hybridized carbons (Fsp3) is 0.125. The molecule has 2 aromatic rings. The lowest BCUT2D eigenvalue weighted by Crippen LogP contribution is -2.12. The van der Waals surface area contributed by atoms with E-state index in [1.807, 2.05) is 0 Å². The third-order valence-electron chi connectivity index (χ3n) is 1.87. The van der Waals surface area contributed by atoms with Crippen LogP contribution in [0.15, 0.2) is 31.7 Å². The molecule has 0 aliphatic carbocycles. The van der Waals surface area contributed by atoms with Crippen LogP contribution in [-0.4, -0.2) is 19.7 Å². The number of nitrogen functional groups attached to an aromatic ring is 1. The van der Waals surface area contributed by atoms with Crippen LogP contribution >= 0.6 is 27.7 Å². The molecule has 0 atom stereocenters. The maximum atomic E-state index is 11.1. The lowest BCUT2D eigenvalue weighted by Gasteiger charge is -2.03. The van der Waals surface area contributed by atoms with Gasteiger partial charge in [0, 0.05) is 17.7 Å². The molecule has 16 heavy (non-hydrogen) atoms. The molecular weight excluding hydrogens is 294 g/mol. The van der Waals surface area contributed by atoms with Crippen LogP contribution in [-0.2, 0) is 7.05 Å². The van der Waals surface area contributed by atoms with Crippen LogP contribution in [0.3, 0.4) is 0 Å². The number of H-pyrrole nitrogens is 1. The molecule has 84 valence electrons. The molecule has 0 unspecified atom stereocenters. The van der Waals surface area contributed by atoms with Gasteiger partial charge in [0.05, 0.1) is 5.69 Å². The van der Waals surface area contributed by atoms with Gasteiger partial charge in [0.25, 0.3) is 0 Å². The maximum absolute atomic E-state index is 11.1. The predicted octanol–water partition coefficient (Wildman–Crippen LogP) is 0.999. The van der Waals surface area contributed by atoms with Crippen molar-refractivity contribution in [3.05, 3.63) is 27.2 Å². The minimum Gasteiger partial charge on any atom is -0.396 e. The quantitative estimate of drug-likeness (QED) is 0.864. The molecule has 0 aliphatic rings. The van der Waals surface area contributed by atoms with Gasteiger partial charge in [-0.25, -0.2) is 14.9 Å². The minimum atomic E-state index is -0.266. The topological polar surface area (TPSA) is 89.6 Å². The number of aromatic amines is 1.